The first-order chi connectivity index (χ1) is 12.8. The Bertz CT molecular complexity index is 855. The first-order valence-corrected chi connectivity index (χ1v) is 8.00. The van der Waals surface area contributed by atoms with Gasteiger partial charge in [-0.3, -0.25) is 19.7 Å². The number of anilines is 1. The third-order valence-corrected chi connectivity index (χ3v) is 3.75. The second kappa shape index (κ2) is 8.75. The minimum absolute atomic E-state index is 0.0163. The number of halogens is 1. The van der Waals surface area contributed by atoms with Crippen LogP contribution in [0.2, 0.25) is 0 Å². The maximum Gasteiger partial charge on any atom is 0.272 e. The number of ether oxygens (including phenoxy) is 1. The molecular formula is C18H18FN3O5. The van der Waals surface area contributed by atoms with Crippen molar-refractivity contribution in [2.75, 3.05) is 18.1 Å². The number of primary amides is 1. The van der Waals surface area contributed by atoms with Crippen LogP contribution in [0.25, 0.3) is 0 Å². The lowest BCUT2D eigenvalue weighted by Crippen LogP contribution is -2.37. The molecule has 0 aliphatic carbocycles. The number of carbonyl (C=O) groups excluding carboxylic acids is 2. The molecule has 0 fully saturated rings. The maximum absolute atomic E-state index is 13.1. The van der Waals surface area contributed by atoms with Gasteiger partial charge in [-0.25, -0.2) is 4.39 Å². The van der Waals surface area contributed by atoms with E-state index in [0.29, 0.717) is 17.0 Å². The number of benzene rings is 2. The van der Waals surface area contributed by atoms with Crippen molar-refractivity contribution in [1.29, 1.82) is 0 Å². The molecule has 0 spiro atoms. The van der Waals surface area contributed by atoms with Crippen molar-refractivity contribution < 1.29 is 23.6 Å². The Morgan fingerprint density at radius 1 is 1.22 bits per heavy atom. The van der Waals surface area contributed by atoms with E-state index in [1.165, 1.54) is 47.4 Å². The molecule has 0 bridgehead atoms. The molecule has 2 aromatic rings. The van der Waals surface area contributed by atoms with Crippen LogP contribution in [-0.4, -0.2) is 29.9 Å². The van der Waals surface area contributed by atoms with Gasteiger partial charge in [-0.2, -0.15) is 0 Å². The number of nitrogens with zero attached hydrogens (tertiary/aromatic N) is 2. The third-order valence-electron chi connectivity index (χ3n) is 3.75. The van der Waals surface area contributed by atoms with Crippen LogP contribution in [0.4, 0.5) is 15.8 Å². The van der Waals surface area contributed by atoms with Gasteiger partial charge < -0.3 is 15.4 Å². The molecule has 0 aliphatic heterocycles. The van der Waals surface area contributed by atoms with E-state index in [-0.39, 0.29) is 25.3 Å². The Kier molecular flexibility index (Phi) is 6.42. The smallest absolute Gasteiger partial charge is 0.272 e. The molecule has 9 heteroatoms. The molecule has 0 aromatic heterocycles. The Balaban J connectivity index is 2.10. The van der Waals surface area contributed by atoms with Crippen LogP contribution in [0.1, 0.15) is 12.0 Å². The van der Waals surface area contributed by atoms with E-state index in [9.17, 15) is 24.1 Å². The monoisotopic (exact) mass is 375 g/mol. The summed E-state index contributed by atoms with van der Waals surface area (Å²) >= 11 is 0. The third kappa shape index (κ3) is 5.50. The molecule has 2 N–H and O–H groups in total. The van der Waals surface area contributed by atoms with Crippen LogP contribution < -0.4 is 15.4 Å². The summed E-state index contributed by atoms with van der Waals surface area (Å²) in [6.07, 6.45) is -0.0697. The van der Waals surface area contributed by atoms with Gasteiger partial charge in [-0.05, 0) is 43.3 Å². The zero-order valence-electron chi connectivity index (χ0n) is 14.6. The fourth-order valence-corrected chi connectivity index (χ4v) is 2.39. The molecule has 2 rings (SSSR count). The average Bonchev–Trinajstić information content (AvgIpc) is 2.61. The first kappa shape index (κ1) is 19.8. The van der Waals surface area contributed by atoms with Crippen LogP contribution in [0, 0.1) is 22.9 Å². The van der Waals surface area contributed by atoms with E-state index >= 15 is 0 Å². The Labute approximate surface area is 154 Å². The molecule has 0 unspecified atom stereocenters. The number of rotatable bonds is 8. The standard InChI is InChI=1S/C18H18FN3O5/c1-12-10-15(6-7-16(12)22(25)26)27-11-18(24)21(9-8-17(20)23)14-4-2-13(19)3-5-14/h2-7,10H,8-9,11H2,1H3,(H2,20,23). The molecular weight excluding hydrogens is 357 g/mol. The van der Waals surface area contributed by atoms with Gasteiger partial charge >= 0.3 is 0 Å². The van der Waals surface area contributed by atoms with E-state index in [0.717, 1.165) is 0 Å². The van der Waals surface area contributed by atoms with Crippen molar-refractivity contribution in [3.05, 3.63) is 64.0 Å². The number of nitro benzene ring substituents is 1. The van der Waals surface area contributed by atoms with Crippen molar-refractivity contribution in [1.82, 2.24) is 0 Å². The number of hydrogen-bond donors (Lipinski definition) is 1. The minimum Gasteiger partial charge on any atom is -0.484 e. The predicted octanol–water partition coefficient (Wildman–Crippen LogP) is 2.33. The predicted molar refractivity (Wildman–Crippen MR) is 95.9 cm³/mol. The summed E-state index contributed by atoms with van der Waals surface area (Å²) in [4.78, 5) is 35.2. The number of aryl methyl sites for hydroxylation is 1. The Morgan fingerprint density at radius 3 is 2.44 bits per heavy atom. The normalized spacial score (nSPS) is 10.3. The largest absolute Gasteiger partial charge is 0.484 e. The van der Waals surface area contributed by atoms with Crippen LogP contribution >= 0.6 is 0 Å². The van der Waals surface area contributed by atoms with E-state index in [4.69, 9.17) is 10.5 Å². The molecule has 0 saturated heterocycles. The van der Waals surface area contributed by atoms with E-state index < -0.39 is 22.6 Å². The SMILES string of the molecule is Cc1cc(OCC(=O)N(CCC(N)=O)c2ccc(F)cc2)ccc1[N+](=O)[O-]. The fourth-order valence-electron chi connectivity index (χ4n) is 2.39. The van der Waals surface area contributed by atoms with Crippen LogP contribution in [0.15, 0.2) is 42.5 Å². The highest BCUT2D eigenvalue weighted by atomic mass is 19.1. The van der Waals surface area contributed by atoms with Gasteiger partial charge in [0.15, 0.2) is 6.61 Å². The molecule has 142 valence electrons. The zero-order valence-corrected chi connectivity index (χ0v) is 14.6. The summed E-state index contributed by atoms with van der Waals surface area (Å²) in [6, 6.07) is 9.34. The lowest BCUT2D eigenvalue weighted by Gasteiger charge is -2.22. The zero-order chi connectivity index (χ0) is 20.0. The molecule has 2 aromatic carbocycles. The highest BCUT2D eigenvalue weighted by Crippen LogP contribution is 2.23. The van der Waals surface area contributed by atoms with Gasteiger partial charge in [-0.15, -0.1) is 0 Å². The summed E-state index contributed by atoms with van der Waals surface area (Å²) < 4.78 is 18.5. The number of amides is 2. The summed E-state index contributed by atoms with van der Waals surface area (Å²) in [6.45, 7) is 1.21. The number of nitro groups is 1. The van der Waals surface area contributed by atoms with Crippen molar-refractivity contribution in [2.24, 2.45) is 5.73 Å². The molecule has 0 atom stereocenters. The second-order valence-electron chi connectivity index (χ2n) is 5.73. The van der Waals surface area contributed by atoms with E-state index in [1.54, 1.807) is 6.92 Å². The summed E-state index contributed by atoms with van der Waals surface area (Å²) in [5, 5.41) is 10.8. The van der Waals surface area contributed by atoms with Gasteiger partial charge in [0.25, 0.3) is 11.6 Å². The lowest BCUT2D eigenvalue weighted by molar-refractivity contribution is -0.385. The summed E-state index contributed by atoms with van der Waals surface area (Å²) in [5.41, 5.74) is 5.88. The van der Waals surface area contributed by atoms with Crippen molar-refractivity contribution >= 4 is 23.2 Å². The summed E-state index contributed by atoms with van der Waals surface area (Å²) in [7, 11) is 0. The quantitative estimate of drug-likeness (QED) is 0.561. The Hall–Kier alpha value is -3.49. The molecule has 0 radical (unpaired) electrons. The highest BCUT2D eigenvalue weighted by Gasteiger charge is 2.18. The van der Waals surface area contributed by atoms with Crippen molar-refractivity contribution in [2.45, 2.75) is 13.3 Å². The number of nitrogens with two attached hydrogens (primary N) is 1. The Morgan fingerprint density at radius 2 is 1.89 bits per heavy atom. The fraction of sp³-hybridized carbons (Fsp3) is 0.222. The lowest BCUT2D eigenvalue weighted by atomic mass is 10.2. The maximum atomic E-state index is 13.1. The van der Waals surface area contributed by atoms with Crippen molar-refractivity contribution in [3.8, 4) is 5.75 Å². The van der Waals surface area contributed by atoms with Crippen LogP contribution in [-0.2, 0) is 9.59 Å². The first-order valence-electron chi connectivity index (χ1n) is 8.00. The topological polar surface area (TPSA) is 116 Å². The molecule has 8 nitrogen and oxygen atoms in total. The molecule has 27 heavy (non-hydrogen) atoms. The van der Waals surface area contributed by atoms with Gasteiger partial charge in [0.2, 0.25) is 5.91 Å². The highest BCUT2D eigenvalue weighted by molar-refractivity contribution is 5.95. The van der Waals surface area contributed by atoms with Crippen LogP contribution in [0.3, 0.4) is 0 Å². The summed E-state index contributed by atoms with van der Waals surface area (Å²) in [5.74, 6) is -1.22. The molecule has 0 aliphatic rings. The molecule has 2 amide bonds. The minimum atomic E-state index is -0.582. The second-order valence-corrected chi connectivity index (χ2v) is 5.73. The van der Waals surface area contributed by atoms with Gasteiger partial charge in [0.05, 0.1) is 4.92 Å². The number of hydrogen-bond acceptors (Lipinski definition) is 5. The molecule has 0 saturated carbocycles. The van der Waals surface area contributed by atoms with Gasteiger partial charge in [0, 0.05) is 30.3 Å². The van der Waals surface area contributed by atoms with E-state index in [2.05, 4.69) is 0 Å². The molecule has 0 heterocycles. The average molecular weight is 375 g/mol. The van der Waals surface area contributed by atoms with Crippen molar-refractivity contribution in [3.63, 3.8) is 0 Å². The van der Waals surface area contributed by atoms with Crippen LogP contribution in [0.5, 0.6) is 5.75 Å². The van der Waals surface area contributed by atoms with E-state index in [1.807, 2.05) is 0 Å². The van der Waals surface area contributed by atoms with Gasteiger partial charge in [-0.1, -0.05) is 0 Å². The van der Waals surface area contributed by atoms with Gasteiger partial charge in [0.1, 0.15) is 11.6 Å². The number of carbonyl (C=O) groups is 2.